The van der Waals surface area contributed by atoms with Crippen molar-refractivity contribution in [1.82, 2.24) is 10.3 Å². The van der Waals surface area contributed by atoms with Crippen molar-refractivity contribution in [1.29, 1.82) is 0 Å². The summed E-state index contributed by atoms with van der Waals surface area (Å²) in [7, 11) is 0. The highest BCUT2D eigenvalue weighted by molar-refractivity contribution is 9.10. The second-order valence-corrected chi connectivity index (χ2v) is 7.87. The number of aromatic amines is 1. The van der Waals surface area contributed by atoms with Crippen LogP contribution in [0.5, 0.6) is 0 Å². The Morgan fingerprint density at radius 1 is 1.17 bits per heavy atom. The first-order valence-corrected chi connectivity index (χ1v) is 9.54. The highest BCUT2D eigenvalue weighted by atomic mass is 79.9. The lowest BCUT2D eigenvalue weighted by molar-refractivity contribution is 0.410. The smallest absolute Gasteiger partial charge is 0.0480 e. The zero-order valence-electron chi connectivity index (χ0n) is 14.2. The molecule has 3 aromatic rings. The summed E-state index contributed by atoms with van der Waals surface area (Å²) in [5.74, 6) is 0. The van der Waals surface area contributed by atoms with Gasteiger partial charge in [-0.1, -0.05) is 45.8 Å². The van der Waals surface area contributed by atoms with Gasteiger partial charge in [-0.05, 0) is 62.4 Å². The summed E-state index contributed by atoms with van der Waals surface area (Å²) in [6, 6.07) is 16.1. The van der Waals surface area contributed by atoms with Gasteiger partial charge in [0.1, 0.15) is 0 Å². The Balaban J connectivity index is 1.64. The fourth-order valence-electron chi connectivity index (χ4n) is 3.85. The minimum absolute atomic E-state index is 0.347. The molecule has 0 saturated heterocycles. The Labute approximate surface area is 151 Å². The Morgan fingerprint density at radius 2 is 1.96 bits per heavy atom. The van der Waals surface area contributed by atoms with E-state index >= 15 is 0 Å². The van der Waals surface area contributed by atoms with E-state index in [0.717, 1.165) is 4.47 Å². The Kier molecular flexibility index (Phi) is 4.23. The van der Waals surface area contributed by atoms with Gasteiger partial charge >= 0.3 is 0 Å². The van der Waals surface area contributed by atoms with E-state index in [4.69, 9.17) is 0 Å². The van der Waals surface area contributed by atoms with Crippen LogP contribution >= 0.6 is 15.9 Å². The van der Waals surface area contributed by atoms with Crippen molar-refractivity contribution in [3.8, 4) is 0 Å². The van der Waals surface area contributed by atoms with Gasteiger partial charge < -0.3 is 10.3 Å². The lowest BCUT2D eigenvalue weighted by Gasteiger charge is -2.27. The van der Waals surface area contributed by atoms with Crippen LogP contribution in [-0.4, -0.2) is 4.98 Å². The van der Waals surface area contributed by atoms with E-state index in [1.807, 2.05) is 0 Å². The summed E-state index contributed by atoms with van der Waals surface area (Å²) < 4.78 is 1.15. The van der Waals surface area contributed by atoms with E-state index in [1.54, 1.807) is 0 Å². The largest absolute Gasteiger partial charge is 0.357 e. The molecular weight excluding hydrogens is 360 g/mol. The second kappa shape index (κ2) is 6.38. The van der Waals surface area contributed by atoms with Crippen LogP contribution in [0.3, 0.4) is 0 Å². The summed E-state index contributed by atoms with van der Waals surface area (Å²) in [6.07, 6.45) is 3.60. The lowest BCUT2D eigenvalue weighted by Crippen LogP contribution is -2.27. The van der Waals surface area contributed by atoms with Gasteiger partial charge in [-0.15, -0.1) is 0 Å². The van der Waals surface area contributed by atoms with E-state index in [1.165, 1.54) is 52.5 Å². The zero-order valence-corrected chi connectivity index (χ0v) is 15.8. The van der Waals surface area contributed by atoms with Gasteiger partial charge in [0, 0.05) is 33.2 Å². The number of H-pyrrole nitrogens is 1. The maximum absolute atomic E-state index is 3.84. The van der Waals surface area contributed by atoms with Crippen LogP contribution in [0.25, 0.3) is 10.9 Å². The van der Waals surface area contributed by atoms with Crippen LogP contribution in [0, 0.1) is 6.92 Å². The van der Waals surface area contributed by atoms with Crippen molar-refractivity contribution >= 4 is 26.8 Å². The van der Waals surface area contributed by atoms with Crippen LogP contribution in [0.4, 0.5) is 0 Å². The van der Waals surface area contributed by atoms with Crippen molar-refractivity contribution in [3.63, 3.8) is 0 Å². The van der Waals surface area contributed by atoms with Gasteiger partial charge in [0.2, 0.25) is 0 Å². The molecule has 3 heteroatoms. The standard InChI is InChI=1S/C21H23BrN2/c1-13-6-8-15(9-7-13)14(2)23-20-5-3-4-17-18-12-16(22)10-11-19(18)24-21(17)20/h6-12,14,20,23-24H,3-5H2,1-2H3. The molecule has 1 aliphatic carbocycles. The topological polar surface area (TPSA) is 27.8 Å². The fraction of sp³-hybridized carbons (Fsp3) is 0.333. The lowest BCUT2D eigenvalue weighted by atomic mass is 9.91. The first kappa shape index (κ1) is 15.9. The minimum Gasteiger partial charge on any atom is -0.357 e. The monoisotopic (exact) mass is 382 g/mol. The van der Waals surface area contributed by atoms with Gasteiger partial charge in [0.15, 0.2) is 0 Å². The number of aryl methyl sites for hydroxylation is 2. The maximum atomic E-state index is 3.84. The predicted octanol–water partition coefficient (Wildman–Crippen LogP) is 5.97. The molecule has 1 heterocycles. The van der Waals surface area contributed by atoms with Gasteiger partial charge in [0.25, 0.3) is 0 Å². The highest BCUT2D eigenvalue weighted by Crippen LogP contribution is 2.36. The summed E-state index contributed by atoms with van der Waals surface area (Å²) in [4.78, 5) is 3.68. The summed E-state index contributed by atoms with van der Waals surface area (Å²) >= 11 is 3.61. The quantitative estimate of drug-likeness (QED) is 0.573. The van der Waals surface area contributed by atoms with Crippen molar-refractivity contribution < 1.29 is 0 Å². The van der Waals surface area contributed by atoms with Crippen LogP contribution in [0.15, 0.2) is 46.9 Å². The molecule has 1 aliphatic rings. The van der Waals surface area contributed by atoms with E-state index < -0.39 is 0 Å². The normalized spacial score (nSPS) is 18.5. The molecule has 124 valence electrons. The number of nitrogens with one attached hydrogen (secondary N) is 2. The molecule has 0 aliphatic heterocycles. The van der Waals surface area contributed by atoms with E-state index in [0.29, 0.717) is 12.1 Å². The molecule has 1 aromatic heterocycles. The van der Waals surface area contributed by atoms with Crippen LogP contribution in [0.2, 0.25) is 0 Å². The summed E-state index contributed by atoms with van der Waals surface area (Å²) in [5.41, 5.74) is 6.79. The molecule has 2 unspecified atom stereocenters. The molecule has 0 fully saturated rings. The highest BCUT2D eigenvalue weighted by Gasteiger charge is 2.25. The van der Waals surface area contributed by atoms with Crippen molar-refractivity contribution in [2.75, 3.05) is 0 Å². The summed E-state index contributed by atoms with van der Waals surface area (Å²) in [5, 5.41) is 5.21. The first-order chi connectivity index (χ1) is 11.6. The van der Waals surface area contributed by atoms with E-state index in [9.17, 15) is 0 Å². The number of benzene rings is 2. The molecule has 2 aromatic carbocycles. The number of halogens is 1. The molecule has 2 N–H and O–H groups in total. The van der Waals surface area contributed by atoms with Gasteiger partial charge in [0.05, 0.1) is 0 Å². The molecule has 0 amide bonds. The molecule has 4 rings (SSSR count). The SMILES string of the molecule is Cc1ccc(C(C)NC2CCCc3c2[nH]c2ccc(Br)cc32)cc1. The third-order valence-electron chi connectivity index (χ3n) is 5.20. The molecule has 0 radical (unpaired) electrons. The Bertz CT molecular complexity index is 863. The predicted molar refractivity (Wildman–Crippen MR) is 104 cm³/mol. The number of aromatic nitrogens is 1. The molecule has 0 bridgehead atoms. The van der Waals surface area contributed by atoms with Gasteiger partial charge in [-0.25, -0.2) is 0 Å². The van der Waals surface area contributed by atoms with Crippen LogP contribution in [-0.2, 0) is 6.42 Å². The van der Waals surface area contributed by atoms with Crippen LogP contribution in [0.1, 0.15) is 54.2 Å². The zero-order chi connectivity index (χ0) is 16.7. The first-order valence-electron chi connectivity index (χ1n) is 8.74. The Morgan fingerprint density at radius 3 is 2.75 bits per heavy atom. The van der Waals surface area contributed by atoms with Gasteiger partial charge in [-0.3, -0.25) is 0 Å². The number of fused-ring (bicyclic) bond motifs is 3. The molecular formula is C21H23BrN2. The number of rotatable bonds is 3. The Hall–Kier alpha value is -1.58. The van der Waals surface area contributed by atoms with E-state index in [-0.39, 0.29) is 0 Å². The van der Waals surface area contributed by atoms with Gasteiger partial charge in [-0.2, -0.15) is 0 Å². The fourth-order valence-corrected chi connectivity index (χ4v) is 4.22. The minimum atomic E-state index is 0.347. The molecule has 0 spiro atoms. The second-order valence-electron chi connectivity index (χ2n) is 6.95. The van der Waals surface area contributed by atoms with E-state index in [2.05, 4.69) is 82.5 Å². The third kappa shape index (κ3) is 2.91. The molecule has 2 nitrogen and oxygen atoms in total. The summed E-state index contributed by atoms with van der Waals surface area (Å²) in [6.45, 7) is 4.40. The molecule has 0 saturated carbocycles. The molecule has 2 atom stereocenters. The van der Waals surface area contributed by atoms with Crippen molar-refractivity contribution in [2.45, 2.75) is 45.2 Å². The third-order valence-corrected chi connectivity index (χ3v) is 5.69. The number of hydrogen-bond acceptors (Lipinski definition) is 1. The van der Waals surface area contributed by atoms with Crippen LogP contribution < -0.4 is 5.32 Å². The average molecular weight is 383 g/mol. The maximum Gasteiger partial charge on any atom is 0.0480 e. The van der Waals surface area contributed by atoms with Crippen molar-refractivity contribution in [2.24, 2.45) is 0 Å². The molecule has 24 heavy (non-hydrogen) atoms. The number of hydrogen-bond donors (Lipinski definition) is 2. The average Bonchev–Trinajstić information content (AvgIpc) is 2.94. The van der Waals surface area contributed by atoms with Crippen molar-refractivity contribution in [3.05, 3.63) is 69.3 Å².